The molecule has 4 nitrogen and oxygen atoms in total. The van der Waals surface area contributed by atoms with E-state index in [1.165, 1.54) is 30.7 Å². The molecule has 1 atom stereocenters. The predicted octanol–water partition coefficient (Wildman–Crippen LogP) is 4.13. The highest BCUT2D eigenvalue weighted by Crippen LogP contribution is 2.17. The monoisotopic (exact) mass is 329 g/mol. The van der Waals surface area contributed by atoms with Crippen LogP contribution in [0, 0.1) is 5.82 Å². The van der Waals surface area contributed by atoms with Gasteiger partial charge >= 0.3 is 5.97 Å². The fraction of sp³-hybridized carbons (Fsp3) is 0.263. The zero-order valence-corrected chi connectivity index (χ0v) is 13.9. The van der Waals surface area contributed by atoms with Gasteiger partial charge in [0.1, 0.15) is 5.82 Å². The zero-order chi connectivity index (χ0) is 17.7. The number of ether oxygens (including phenoxy) is 1. The molecule has 0 saturated carbocycles. The van der Waals surface area contributed by atoms with Crippen LogP contribution in [0.1, 0.15) is 42.6 Å². The number of rotatable bonds is 5. The molecule has 2 aromatic rings. The molecule has 0 fully saturated rings. The Balaban J connectivity index is 1.95. The summed E-state index contributed by atoms with van der Waals surface area (Å²) in [6.45, 7) is 5.64. The summed E-state index contributed by atoms with van der Waals surface area (Å²) in [4.78, 5) is 24.0. The summed E-state index contributed by atoms with van der Waals surface area (Å²) >= 11 is 0. The van der Waals surface area contributed by atoms with E-state index in [1.54, 1.807) is 12.1 Å². The first-order valence-electron chi connectivity index (χ1n) is 7.74. The SMILES string of the molecule is CC(C)c1ccc(NC(=O)[C@H](C)OC(=O)c2cccc(F)c2)cc1. The lowest BCUT2D eigenvalue weighted by atomic mass is 10.0. The van der Waals surface area contributed by atoms with E-state index in [0.29, 0.717) is 11.6 Å². The van der Waals surface area contributed by atoms with Crippen molar-refractivity contribution in [2.24, 2.45) is 0 Å². The van der Waals surface area contributed by atoms with Gasteiger partial charge in [0.2, 0.25) is 0 Å². The van der Waals surface area contributed by atoms with Gasteiger partial charge in [-0.2, -0.15) is 0 Å². The molecule has 0 aliphatic heterocycles. The molecule has 5 heteroatoms. The van der Waals surface area contributed by atoms with Gasteiger partial charge in [-0.25, -0.2) is 9.18 Å². The van der Waals surface area contributed by atoms with Crippen molar-refractivity contribution in [1.82, 2.24) is 0 Å². The van der Waals surface area contributed by atoms with Crippen molar-refractivity contribution >= 4 is 17.6 Å². The van der Waals surface area contributed by atoms with E-state index >= 15 is 0 Å². The number of halogens is 1. The molecule has 1 amide bonds. The third-order valence-electron chi connectivity index (χ3n) is 3.56. The largest absolute Gasteiger partial charge is 0.449 e. The van der Waals surface area contributed by atoms with Gasteiger partial charge in [0.05, 0.1) is 5.56 Å². The lowest BCUT2D eigenvalue weighted by molar-refractivity contribution is -0.123. The number of hydrogen-bond acceptors (Lipinski definition) is 3. The third-order valence-corrected chi connectivity index (χ3v) is 3.56. The number of carbonyl (C=O) groups excluding carboxylic acids is 2. The molecule has 0 unspecified atom stereocenters. The standard InChI is InChI=1S/C19H20FNO3/c1-12(2)14-7-9-17(10-8-14)21-18(22)13(3)24-19(23)15-5-4-6-16(20)11-15/h4-13H,1-3H3,(H,21,22)/t13-/m0/s1. The maximum absolute atomic E-state index is 13.1. The number of amides is 1. The molecule has 2 rings (SSSR count). The molecule has 0 aliphatic carbocycles. The summed E-state index contributed by atoms with van der Waals surface area (Å²) in [5, 5.41) is 2.69. The second kappa shape index (κ2) is 7.73. The Morgan fingerprint density at radius 2 is 1.71 bits per heavy atom. The first-order valence-corrected chi connectivity index (χ1v) is 7.74. The minimum absolute atomic E-state index is 0.0657. The number of hydrogen-bond donors (Lipinski definition) is 1. The normalized spacial score (nSPS) is 11.9. The number of benzene rings is 2. The second-order valence-electron chi connectivity index (χ2n) is 5.82. The molecule has 0 aromatic heterocycles. The van der Waals surface area contributed by atoms with Crippen molar-refractivity contribution in [1.29, 1.82) is 0 Å². The highest BCUT2D eigenvalue weighted by atomic mass is 19.1. The van der Waals surface area contributed by atoms with E-state index in [-0.39, 0.29) is 5.56 Å². The zero-order valence-electron chi connectivity index (χ0n) is 13.9. The van der Waals surface area contributed by atoms with Crippen molar-refractivity contribution in [2.75, 3.05) is 5.32 Å². The van der Waals surface area contributed by atoms with Gasteiger partial charge in [-0.05, 0) is 48.7 Å². The van der Waals surface area contributed by atoms with Gasteiger partial charge in [-0.3, -0.25) is 4.79 Å². The Morgan fingerprint density at radius 1 is 1.04 bits per heavy atom. The van der Waals surface area contributed by atoms with Crippen molar-refractivity contribution in [2.45, 2.75) is 32.8 Å². The second-order valence-corrected chi connectivity index (χ2v) is 5.82. The van der Waals surface area contributed by atoms with Gasteiger partial charge in [0.25, 0.3) is 5.91 Å². The quantitative estimate of drug-likeness (QED) is 0.839. The molecular formula is C19H20FNO3. The average molecular weight is 329 g/mol. The van der Waals surface area contributed by atoms with Crippen molar-refractivity contribution in [3.8, 4) is 0 Å². The molecule has 1 N–H and O–H groups in total. The van der Waals surface area contributed by atoms with E-state index in [0.717, 1.165) is 6.07 Å². The Morgan fingerprint density at radius 3 is 2.29 bits per heavy atom. The molecule has 0 saturated heterocycles. The third kappa shape index (κ3) is 4.65. The molecule has 0 radical (unpaired) electrons. The van der Waals surface area contributed by atoms with Crippen LogP contribution in [0.4, 0.5) is 10.1 Å². The highest BCUT2D eigenvalue weighted by Gasteiger charge is 2.19. The fourth-order valence-electron chi connectivity index (χ4n) is 2.09. The van der Waals surface area contributed by atoms with Crippen molar-refractivity contribution in [3.63, 3.8) is 0 Å². The minimum Gasteiger partial charge on any atom is -0.449 e. The van der Waals surface area contributed by atoms with E-state index in [9.17, 15) is 14.0 Å². The molecule has 0 heterocycles. The van der Waals surface area contributed by atoms with Crippen LogP contribution in [-0.2, 0) is 9.53 Å². The molecule has 0 bridgehead atoms. The Labute approximate surface area is 140 Å². The smallest absolute Gasteiger partial charge is 0.339 e. The van der Waals surface area contributed by atoms with Crippen LogP contribution in [0.2, 0.25) is 0 Å². The lowest BCUT2D eigenvalue weighted by Gasteiger charge is -2.14. The van der Waals surface area contributed by atoms with Crippen LogP contribution >= 0.6 is 0 Å². The molecule has 126 valence electrons. The van der Waals surface area contributed by atoms with Gasteiger partial charge in [-0.1, -0.05) is 32.0 Å². The topological polar surface area (TPSA) is 55.4 Å². The fourth-order valence-corrected chi connectivity index (χ4v) is 2.09. The van der Waals surface area contributed by atoms with Gasteiger partial charge in [0, 0.05) is 5.69 Å². The summed E-state index contributed by atoms with van der Waals surface area (Å²) in [5.41, 5.74) is 1.85. The maximum Gasteiger partial charge on any atom is 0.339 e. The number of anilines is 1. The van der Waals surface area contributed by atoms with Crippen LogP contribution in [0.3, 0.4) is 0 Å². The van der Waals surface area contributed by atoms with Crippen molar-refractivity contribution in [3.05, 3.63) is 65.5 Å². The van der Waals surface area contributed by atoms with Crippen LogP contribution in [0.5, 0.6) is 0 Å². The molecule has 24 heavy (non-hydrogen) atoms. The number of nitrogens with one attached hydrogen (secondary N) is 1. The first kappa shape index (κ1) is 17.7. The number of esters is 1. The van der Waals surface area contributed by atoms with E-state index in [1.807, 2.05) is 12.1 Å². The Kier molecular flexibility index (Phi) is 5.68. The summed E-state index contributed by atoms with van der Waals surface area (Å²) in [5.74, 6) is -1.32. The first-order chi connectivity index (χ1) is 11.4. The maximum atomic E-state index is 13.1. The van der Waals surface area contributed by atoms with Crippen molar-refractivity contribution < 1.29 is 18.7 Å². The Bertz CT molecular complexity index is 726. The van der Waals surface area contributed by atoms with E-state index < -0.39 is 23.8 Å². The van der Waals surface area contributed by atoms with Gasteiger partial charge in [-0.15, -0.1) is 0 Å². The van der Waals surface area contributed by atoms with Crippen LogP contribution in [0.15, 0.2) is 48.5 Å². The summed E-state index contributed by atoms with van der Waals surface area (Å²) < 4.78 is 18.2. The summed E-state index contributed by atoms with van der Waals surface area (Å²) in [6, 6.07) is 12.6. The van der Waals surface area contributed by atoms with Crippen LogP contribution in [0.25, 0.3) is 0 Å². The predicted molar refractivity (Wildman–Crippen MR) is 90.4 cm³/mol. The average Bonchev–Trinajstić information content (AvgIpc) is 2.55. The number of carbonyl (C=O) groups is 2. The molecule has 0 aliphatic rings. The van der Waals surface area contributed by atoms with Crippen LogP contribution in [-0.4, -0.2) is 18.0 Å². The molecule has 0 spiro atoms. The van der Waals surface area contributed by atoms with E-state index in [2.05, 4.69) is 19.2 Å². The lowest BCUT2D eigenvalue weighted by Crippen LogP contribution is -2.30. The van der Waals surface area contributed by atoms with Gasteiger partial charge in [0.15, 0.2) is 6.10 Å². The van der Waals surface area contributed by atoms with Gasteiger partial charge < -0.3 is 10.1 Å². The Hall–Kier alpha value is -2.69. The minimum atomic E-state index is -0.995. The van der Waals surface area contributed by atoms with Crippen LogP contribution < -0.4 is 5.32 Å². The van der Waals surface area contributed by atoms with E-state index in [4.69, 9.17) is 4.74 Å². The summed E-state index contributed by atoms with van der Waals surface area (Å²) in [6.07, 6.45) is -0.995. The summed E-state index contributed by atoms with van der Waals surface area (Å²) in [7, 11) is 0. The highest BCUT2D eigenvalue weighted by molar-refractivity contribution is 5.97. The molecular weight excluding hydrogens is 309 g/mol. The molecule has 2 aromatic carbocycles.